The first-order chi connectivity index (χ1) is 8.33. The van der Waals surface area contributed by atoms with Crippen LogP contribution in [0, 0.1) is 0 Å². The van der Waals surface area contributed by atoms with Crippen LogP contribution < -0.4 is 5.73 Å². The van der Waals surface area contributed by atoms with Crippen molar-refractivity contribution in [2.45, 2.75) is 31.7 Å². The molecule has 1 aromatic carbocycles. The molecule has 1 aliphatic heterocycles. The van der Waals surface area contributed by atoms with E-state index in [2.05, 4.69) is 34.2 Å². The number of nitrogens with two attached hydrogens (primary N) is 1. The molecule has 0 spiro atoms. The minimum atomic E-state index is 0.514. The van der Waals surface area contributed by atoms with Gasteiger partial charge in [-0.1, -0.05) is 24.3 Å². The van der Waals surface area contributed by atoms with E-state index in [0.29, 0.717) is 6.04 Å². The molecule has 0 atom stereocenters. The van der Waals surface area contributed by atoms with E-state index in [1.165, 1.54) is 24.0 Å². The molecule has 3 rings (SSSR count). The average Bonchev–Trinajstić information content (AvgIpc) is 3.14. The minimum absolute atomic E-state index is 0.514. The number of nitrogens with zero attached hydrogens (tertiary/aromatic N) is 2. The summed E-state index contributed by atoms with van der Waals surface area (Å²) >= 11 is 0. The molecule has 0 amide bonds. The Kier molecular flexibility index (Phi) is 2.75. The van der Waals surface area contributed by atoms with Crippen LogP contribution in [-0.2, 0) is 12.8 Å². The van der Waals surface area contributed by atoms with Crippen LogP contribution in [0.4, 0.5) is 0 Å². The summed E-state index contributed by atoms with van der Waals surface area (Å²) in [7, 11) is 0. The van der Waals surface area contributed by atoms with Gasteiger partial charge in [0, 0.05) is 13.1 Å². The van der Waals surface area contributed by atoms with Gasteiger partial charge in [-0.3, -0.25) is 0 Å². The molecule has 0 unspecified atom stereocenters. The third-order valence-electron chi connectivity index (χ3n) is 3.61. The van der Waals surface area contributed by atoms with Gasteiger partial charge in [-0.15, -0.1) is 0 Å². The number of rotatable bonds is 1. The fourth-order valence-corrected chi connectivity index (χ4v) is 2.37. The molecule has 1 saturated carbocycles. The third kappa shape index (κ3) is 2.43. The summed E-state index contributed by atoms with van der Waals surface area (Å²) in [6, 6.07) is 9.22. The molecule has 2 aliphatic rings. The molecule has 3 heteroatoms. The lowest BCUT2D eigenvalue weighted by Gasteiger charge is -2.21. The van der Waals surface area contributed by atoms with E-state index in [4.69, 9.17) is 5.73 Å². The molecule has 0 bridgehead atoms. The van der Waals surface area contributed by atoms with Gasteiger partial charge in [0.1, 0.15) is 0 Å². The Balaban J connectivity index is 1.72. The molecule has 0 saturated heterocycles. The Bertz CT molecular complexity index is 408. The molecule has 1 fully saturated rings. The maximum Gasteiger partial charge on any atom is 0.191 e. The molecule has 0 radical (unpaired) electrons. The summed E-state index contributed by atoms with van der Waals surface area (Å²) in [6.45, 7) is 2.00. The fraction of sp³-hybridized carbons (Fsp3) is 0.500. The SMILES string of the molecule is NC(=NC1CC1)N1CCc2ccccc2CC1. The normalized spacial score (nSPS) is 20.9. The first-order valence-corrected chi connectivity index (χ1v) is 6.48. The zero-order chi connectivity index (χ0) is 11.7. The Morgan fingerprint density at radius 3 is 2.24 bits per heavy atom. The summed E-state index contributed by atoms with van der Waals surface area (Å²) in [5, 5.41) is 0. The van der Waals surface area contributed by atoms with E-state index < -0.39 is 0 Å². The molecule has 0 aromatic heterocycles. The van der Waals surface area contributed by atoms with Gasteiger partial charge in [-0.05, 0) is 36.8 Å². The number of aliphatic imine (C=N–C) groups is 1. The van der Waals surface area contributed by atoms with Gasteiger partial charge in [0.05, 0.1) is 6.04 Å². The molecule has 3 nitrogen and oxygen atoms in total. The molecule has 17 heavy (non-hydrogen) atoms. The molecule has 90 valence electrons. The summed E-state index contributed by atoms with van der Waals surface area (Å²) in [6.07, 6.45) is 4.59. The quantitative estimate of drug-likeness (QED) is 0.586. The number of benzene rings is 1. The lowest BCUT2D eigenvalue weighted by molar-refractivity contribution is 0.432. The van der Waals surface area contributed by atoms with Crippen molar-refractivity contribution in [3.63, 3.8) is 0 Å². The van der Waals surface area contributed by atoms with Gasteiger partial charge in [0.2, 0.25) is 0 Å². The van der Waals surface area contributed by atoms with Crippen molar-refractivity contribution >= 4 is 5.96 Å². The van der Waals surface area contributed by atoms with Crippen molar-refractivity contribution in [2.75, 3.05) is 13.1 Å². The first-order valence-electron chi connectivity index (χ1n) is 6.48. The standard InChI is InChI=1S/C14H19N3/c15-14(16-13-5-6-13)17-9-7-11-3-1-2-4-12(11)8-10-17/h1-4,13H,5-10H2,(H2,15,16). The van der Waals surface area contributed by atoms with Crippen molar-refractivity contribution in [2.24, 2.45) is 10.7 Å². The topological polar surface area (TPSA) is 41.6 Å². The van der Waals surface area contributed by atoms with E-state index in [1.54, 1.807) is 0 Å². The third-order valence-corrected chi connectivity index (χ3v) is 3.61. The van der Waals surface area contributed by atoms with E-state index in [-0.39, 0.29) is 0 Å². The number of guanidine groups is 1. The highest BCUT2D eigenvalue weighted by Gasteiger charge is 2.22. The van der Waals surface area contributed by atoms with Gasteiger partial charge in [0.15, 0.2) is 5.96 Å². The summed E-state index contributed by atoms with van der Waals surface area (Å²) in [5.74, 6) is 0.750. The first kappa shape index (κ1) is 10.6. The molecule has 1 heterocycles. The molecule has 2 N–H and O–H groups in total. The van der Waals surface area contributed by atoms with E-state index in [9.17, 15) is 0 Å². The van der Waals surface area contributed by atoms with Crippen LogP contribution in [0.15, 0.2) is 29.3 Å². The van der Waals surface area contributed by atoms with Crippen molar-refractivity contribution < 1.29 is 0 Å². The summed E-state index contributed by atoms with van der Waals surface area (Å²) in [4.78, 5) is 6.77. The van der Waals surface area contributed by atoms with Crippen LogP contribution >= 0.6 is 0 Å². The number of fused-ring (bicyclic) bond motifs is 1. The average molecular weight is 229 g/mol. The second-order valence-electron chi connectivity index (χ2n) is 4.97. The smallest absolute Gasteiger partial charge is 0.191 e. The monoisotopic (exact) mass is 229 g/mol. The van der Waals surface area contributed by atoms with E-state index in [0.717, 1.165) is 31.9 Å². The maximum absolute atomic E-state index is 6.07. The van der Waals surface area contributed by atoms with Crippen LogP contribution in [0.1, 0.15) is 24.0 Å². The molecular weight excluding hydrogens is 210 g/mol. The van der Waals surface area contributed by atoms with Gasteiger partial charge < -0.3 is 10.6 Å². The molecule has 1 aliphatic carbocycles. The van der Waals surface area contributed by atoms with Crippen LogP contribution in [0.25, 0.3) is 0 Å². The van der Waals surface area contributed by atoms with Crippen LogP contribution in [0.2, 0.25) is 0 Å². The van der Waals surface area contributed by atoms with Crippen molar-refractivity contribution in [3.05, 3.63) is 35.4 Å². The van der Waals surface area contributed by atoms with Crippen molar-refractivity contribution in [3.8, 4) is 0 Å². The Hall–Kier alpha value is -1.51. The van der Waals surface area contributed by atoms with Crippen molar-refractivity contribution in [1.82, 2.24) is 4.90 Å². The predicted octanol–water partition coefficient (Wildman–Crippen LogP) is 1.56. The van der Waals surface area contributed by atoms with Crippen LogP contribution in [-0.4, -0.2) is 30.0 Å². The zero-order valence-corrected chi connectivity index (χ0v) is 10.1. The van der Waals surface area contributed by atoms with Gasteiger partial charge >= 0.3 is 0 Å². The lowest BCUT2D eigenvalue weighted by Crippen LogP contribution is -2.39. The lowest BCUT2D eigenvalue weighted by atomic mass is 10.0. The van der Waals surface area contributed by atoms with E-state index >= 15 is 0 Å². The highest BCUT2D eigenvalue weighted by Crippen LogP contribution is 2.24. The predicted molar refractivity (Wildman–Crippen MR) is 70.1 cm³/mol. The van der Waals surface area contributed by atoms with Gasteiger partial charge in [0.25, 0.3) is 0 Å². The maximum atomic E-state index is 6.07. The van der Waals surface area contributed by atoms with Gasteiger partial charge in [-0.25, -0.2) is 4.99 Å². The Morgan fingerprint density at radius 2 is 1.71 bits per heavy atom. The second kappa shape index (κ2) is 4.40. The number of hydrogen-bond donors (Lipinski definition) is 1. The molecule has 1 aromatic rings. The van der Waals surface area contributed by atoms with Gasteiger partial charge in [-0.2, -0.15) is 0 Å². The second-order valence-corrected chi connectivity index (χ2v) is 4.97. The Morgan fingerprint density at radius 1 is 1.12 bits per heavy atom. The van der Waals surface area contributed by atoms with Crippen LogP contribution in [0.5, 0.6) is 0 Å². The Labute approximate surface area is 102 Å². The van der Waals surface area contributed by atoms with Crippen molar-refractivity contribution in [1.29, 1.82) is 0 Å². The number of hydrogen-bond acceptors (Lipinski definition) is 1. The zero-order valence-electron chi connectivity index (χ0n) is 10.1. The minimum Gasteiger partial charge on any atom is -0.370 e. The summed E-state index contributed by atoms with van der Waals surface area (Å²) in [5.41, 5.74) is 9.00. The highest BCUT2D eigenvalue weighted by molar-refractivity contribution is 5.78. The van der Waals surface area contributed by atoms with E-state index in [1.807, 2.05) is 0 Å². The fourth-order valence-electron chi connectivity index (χ4n) is 2.37. The highest BCUT2D eigenvalue weighted by atomic mass is 15.3. The largest absolute Gasteiger partial charge is 0.370 e. The molecular formula is C14H19N3. The summed E-state index contributed by atoms with van der Waals surface area (Å²) < 4.78 is 0. The van der Waals surface area contributed by atoms with Crippen LogP contribution in [0.3, 0.4) is 0 Å².